The third kappa shape index (κ3) is 5.91. The molecule has 0 amide bonds. The van der Waals surface area contributed by atoms with E-state index in [4.69, 9.17) is 19.6 Å². The smallest absolute Gasteiger partial charge is 0.357 e. The van der Waals surface area contributed by atoms with E-state index in [9.17, 15) is 9.59 Å². The maximum absolute atomic E-state index is 13.4. The summed E-state index contributed by atoms with van der Waals surface area (Å²) in [6.45, 7) is 8.56. The van der Waals surface area contributed by atoms with Gasteiger partial charge in [0.2, 0.25) is 0 Å². The van der Waals surface area contributed by atoms with Crippen molar-refractivity contribution in [2.45, 2.75) is 72.4 Å². The zero-order valence-corrected chi connectivity index (χ0v) is 24.1. The topological polar surface area (TPSA) is 86.6 Å². The van der Waals surface area contributed by atoms with Crippen molar-refractivity contribution in [2.75, 3.05) is 25.2 Å². The minimum Gasteiger partial charge on any atom is -0.465 e. The van der Waals surface area contributed by atoms with Gasteiger partial charge in [0, 0.05) is 36.5 Å². The number of hydrogen-bond donors (Lipinski definition) is 0. The van der Waals surface area contributed by atoms with E-state index in [1.165, 1.54) is 39.2 Å². The van der Waals surface area contributed by atoms with Crippen LogP contribution < -0.4 is 4.90 Å². The summed E-state index contributed by atoms with van der Waals surface area (Å²) in [5.41, 5.74) is 5.61. The molecule has 5 rings (SSSR count). The van der Waals surface area contributed by atoms with Gasteiger partial charge >= 0.3 is 11.9 Å². The number of hydrogen-bond acceptors (Lipinski definition) is 7. The lowest BCUT2D eigenvalue weighted by Crippen LogP contribution is -2.32. The van der Waals surface area contributed by atoms with E-state index in [0.29, 0.717) is 36.1 Å². The molecule has 1 fully saturated rings. The molecule has 212 valence electrons. The van der Waals surface area contributed by atoms with Crippen molar-refractivity contribution in [2.24, 2.45) is 11.8 Å². The summed E-state index contributed by atoms with van der Waals surface area (Å²) in [6, 6.07) is 9.67. The predicted molar refractivity (Wildman–Crippen MR) is 154 cm³/mol. The standard InChI is InChI=1S/C32H40N4O4/c1-21(2)20-40-32(38)30-25(27-17-33-36(22(27)3)18-23-9-6-5-7-10-23)13-14-29(34-30)35-16-15-24-11-8-12-26(28(24)19-35)31(37)39-4/h8,11-14,17,21,23H,5-7,9-10,15-16,18-20H2,1-4H3. The van der Waals surface area contributed by atoms with Crippen molar-refractivity contribution in [3.8, 4) is 11.1 Å². The Hall–Kier alpha value is -3.68. The lowest BCUT2D eigenvalue weighted by atomic mass is 9.89. The van der Waals surface area contributed by atoms with Crippen molar-refractivity contribution < 1.29 is 19.1 Å². The quantitative estimate of drug-likeness (QED) is 0.322. The Kier molecular flexibility index (Phi) is 8.52. The van der Waals surface area contributed by atoms with Gasteiger partial charge in [-0.3, -0.25) is 4.68 Å². The molecule has 0 bridgehead atoms. The molecule has 0 N–H and O–H groups in total. The van der Waals surface area contributed by atoms with Gasteiger partial charge in [-0.1, -0.05) is 45.2 Å². The van der Waals surface area contributed by atoms with Gasteiger partial charge < -0.3 is 14.4 Å². The number of aromatic nitrogens is 3. The number of esters is 2. The van der Waals surface area contributed by atoms with E-state index < -0.39 is 5.97 Å². The van der Waals surface area contributed by atoms with E-state index in [2.05, 4.69) is 22.6 Å². The van der Waals surface area contributed by atoms with Crippen LogP contribution in [0.25, 0.3) is 11.1 Å². The largest absolute Gasteiger partial charge is 0.465 e. The molecule has 2 aromatic heterocycles. The first-order valence-electron chi connectivity index (χ1n) is 14.5. The Morgan fingerprint density at radius 3 is 2.60 bits per heavy atom. The number of carbonyl (C=O) groups excluding carboxylic acids is 2. The number of fused-ring (bicyclic) bond motifs is 1. The molecule has 0 unspecified atom stereocenters. The SMILES string of the molecule is COC(=O)c1cccc2c1CN(c1ccc(-c3cnn(CC4CCCCC4)c3C)c(C(=O)OCC(C)C)n1)CC2. The lowest BCUT2D eigenvalue weighted by molar-refractivity contribution is 0.0452. The van der Waals surface area contributed by atoms with Crippen molar-refractivity contribution >= 4 is 17.8 Å². The molecule has 2 aliphatic rings. The van der Waals surface area contributed by atoms with Crippen LogP contribution in [0.5, 0.6) is 0 Å². The molecule has 1 aromatic carbocycles. The van der Waals surface area contributed by atoms with Crippen molar-refractivity contribution in [3.05, 3.63) is 64.6 Å². The van der Waals surface area contributed by atoms with Crippen LogP contribution in [0.2, 0.25) is 0 Å². The normalized spacial score (nSPS) is 15.7. The van der Waals surface area contributed by atoms with E-state index >= 15 is 0 Å². The van der Waals surface area contributed by atoms with Crippen molar-refractivity contribution in [1.82, 2.24) is 14.8 Å². The number of nitrogens with zero attached hydrogens (tertiary/aromatic N) is 4. The van der Waals surface area contributed by atoms with Crippen LogP contribution in [0, 0.1) is 18.8 Å². The van der Waals surface area contributed by atoms with Gasteiger partial charge in [-0.25, -0.2) is 14.6 Å². The second-order valence-electron chi connectivity index (χ2n) is 11.5. The molecule has 0 radical (unpaired) electrons. The number of carbonyl (C=O) groups is 2. The molecule has 8 heteroatoms. The molecule has 1 saturated carbocycles. The maximum Gasteiger partial charge on any atom is 0.357 e. The summed E-state index contributed by atoms with van der Waals surface area (Å²) in [4.78, 5) is 32.8. The molecule has 1 aliphatic carbocycles. The summed E-state index contributed by atoms with van der Waals surface area (Å²) < 4.78 is 12.8. The lowest BCUT2D eigenvalue weighted by Gasteiger charge is -2.31. The van der Waals surface area contributed by atoms with E-state index in [0.717, 1.165) is 47.5 Å². The molecule has 3 heterocycles. The second kappa shape index (κ2) is 12.2. The highest BCUT2D eigenvalue weighted by atomic mass is 16.5. The Labute approximate surface area is 236 Å². The maximum atomic E-state index is 13.4. The van der Waals surface area contributed by atoms with Crippen LogP contribution in [0.4, 0.5) is 5.82 Å². The fourth-order valence-corrected chi connectivity index (χ4v) is 5.90. The highest BCUT2D eigenvalue weighted by Crippen LogP contribution is 2.33. The number of pyridine rings is 1. The molecule has 0 saturated heterocycles. The summed E-state index contributed by atoms with van der Waals surface area (Å²) >= 11 is 0. The van der Waals surface area contributed by atoms with Gasteiger partial charge in [-0.05, 0) is 67.3 Å². The molecule has 1 aliphatic heterocycles. The average molecular weight is 545 g/mol. The van der Waals surface area contributed by atoms with Crippen LogP contribution in [-0.2, 0) is 29.0 Å². The van der Waals surface area contributed by atoms with E-state index in [1.807, 2.05) is 38.2 Å². The minimum absolute atomic E-state index is 0.214. The molecule has 8 nitrogen and oxygen atoms in total. The first-order chi connectivity index (χ1) is 19.4. The number of benzene rings is 1. The van der Waals surface area contributed by atoms with Gasteiger partial charge in [-0.15, -0.1) is 0 Å². The molecule has 0 spiro atoms. The Morgan fingerprint density at radius 2 is 1.85 bits per heavy atom. The van der Waals surface area contributed by atoms with Crippen molar-refractivity contribution in [1.29, 1.82) is 0 Å². The van der Waals surface area contributed by atoms with Gasteiger partial charge in [0.25, 0.3) is 0 Å². The zero-order chi connectivity index (χ0) is 28.2. The molecule has 0 atom stereocenters. The zero-order valence-electron chi connectivity index (χ0n) is 24.1. The molecular formula is C32H40N4O4. The van der Waals surface area contributed by atoms with Crippen LogP contribution in [-0.4, -0.2) is 47.0 Å². The summed E-state index contributed by atoms with van der Waals surface area (Å²) in [7, 11) is 1.40. The third-order valence-electron chi connectivity index (χ3n) is 8.17. The van der Waals surface area contributed by atoms with Gasteiger partial charge in [-0.2, -0.15) is 5.10 Å². The minimum atomic E-state index is -0.433. The summed E-state index contributed by atoms with van der Waals surface area (Å²) in [5, 5.41) is 4.72. The summed E-state index contributed by atoms with van der Waals surface area (Å²) in [5.74, 6) is 0.759. The Balaban J connectivity index is 1.47. The Bertz CT molecular complexity index is 1370. The fraction of sp³-hybridized carbons (Fsp3) is 0.500. The second-order valence-corrected chi connectivity index (χ2v) is 11.5. The fourth-order valence-electron chi connectivity index (χ4n) is 5.90. The first kappa shape index (κ1) is 27.9. The van der Waals surface area contributed by atoms with Gasteiger partial charge in [0.1, 0.15) is 5.82 Å². The monoisotopic (exact) mass is 544 g/mol. The molecular weight excluding hydrogens is 504 g/mol. The number of anilines is 1. The van der Waals surface area contributed by atoms with Gasteiger partial charge in [0.15, 0.2) is 5.69 Å². The van der Waals surface area contributed by atoms with Crippen LogP contribution in [0.15, 0.2) is 36.5 Å². The highest BCUT2D eigenvalue weighted by molar-refractivity contribution is 5.96. The average Bonchev–Trinajstić information content (AvgIpc) is 3.34. The van der Waals surface area contributed by atoms with E-state index in [-0.39, 0.29) is 11.9 Å². The highest BCUT2D eigenvalue weighted by Gasteiger charge is 2.26. The Morgan fingerprint density at radius 1 is 1.05 bits per heavy atom. The number of methoxy groups -OCH3 is 1. The van der Waals surface area contributed by atoms with E-state index in [1.54, 1.807) is 6.07 Å². The van der Waals surface area contributed by atoms with Crippen LogP contribution in [0.3, 0.4) is 0 Å². The molecule has 3 aromatic rings. The van der Waals surface area contributed by atoms with Gasteiger partial charge in [0.05, 0.1) is 25.5 Å². The summed E-state index contributed by atoms with van der Waals surface area (Å²) in [6.07, 6.45) is 9.01. The predicted octanol–water partition coefficient (Wildman–Crippen LogP) is 6.00. The molecule has 40 heavy (non-hydrogen) atoms. The van der Waals surface area contributed by atoms with Crippen LogP contribution in [0.1, 0.15) is 83.6 Å². The third-order valence-corrected chi connectivity index (χ3v) is 8.17. The van der Waals surface area contributed by atoms with Crippen molar-refractivity contribution in [3.63, 3.8) is 0 Å². The first-order valence-corrected chi connectivity index (χ1v) is 14.5. The van der Waals surface area contributed by atoms with Crippen LogP contribution >= 0.6 is 0 Å². The number of ether oxygens (including phenoxy) is 2. The number of rotatable bonds is 8.